The molecule has 7 heteroatoms. The lowest BCUT2D eigenvalue weighted by molar-refractivity contribution is 0.102. The van der Waals surface area contributed by atoms with Crippen molar-refractivity contribution in [3.8, 4) is 11.3 Å². The van der Waals surface area contributed by atoms with Crippen LogP contribution in [0.15, 0.2) is 54.9 Å². The van der Waals surface area contributed by atoms with Crippen LogP contribution >= 0.6 is 34.5 Å². The van der Waals surface area contributed by atoms with Gasteiger partial charge in [-0.1, -0.05) is 41.4 Å². The molecule has 3 aromatic heterocycles. The Morgan fingerprint density at radius 1 is 1.19 bits per heavy atom. The van der Waals surface area contributed by atoms with Crippen LogP contribution in [0, 0.1) is 6.92 Å². The molecule has 0 saturated heterocycles. The number of aromatic nitrogens is 2. The monoisotopic (exact) mass is 401 g/mol. The number of aryl methyl sites for hydroxylation is 1. The van der Waals surface area contributed by atoms with E-state index in [2.05, 4.69) is 10.3 Å². The molecule has 0 saturated carbocycles. The summed E-state index contributed by atoms with van der Waals surface area (Å²) in [5.74, 6) is -0.284. The first-order chi connectivity index (χ1) is 12.5. The van der Waals surface area contributed by atoms with Crippen LogP contribution in [0.2, 0.25) is 8.67 Å². The van der Waals surface area contributed by atoms with Crippen LogP contribution in [0.3, 0.4) is 0 Å². The Balaban J connectivity index is 1.68. The molecule has 1 amide bonds. The fraction of sp³-hybridized carbons (Fsp3) is 0.0526. The maximum Gasteiger partial charge on any atom is 0.258 e. The molecule has 1 aromatic carbocycles. The topological polar surface area (TPSA) is 46.4 Å². The van der Waals surface area contributed by atoms with Gasteiger partial charge >= 0.3 is 0 Å². The zero-order valence-electron chi connectivity index (χ0n) is 13.7. The van der Waals surface area contributed by atoms with Crippen LogP contribution in [0.1, 0.15) is 15.9 Å². The number of benzene rings is 1. The standard InChI is InChI=1S/C19H13Cl2N3OS/c1-11-5-6-12(15-10-24-7-3-2-4-17(24)22-15)8-14(11)23-19(25)13-9-16(20)26-18(13)21/h2-10H,1H3,(H,23,25). The number of rotatable bonds is 3. The van der Waals surface area contributed by atoms with E-state index in [-0.39, 0.29) is 5.91 Å². The SMILES string of the molecule is Cc1ccc(-c2cn3ccccc3n2)cc1NC(=O)c1cc(Cl)sc1Cl. The van der Waals surface area contributed by atoms with Gasteiger partial charge in [-0.3, -0.25) is 4.79 Å². The number of halogens is 2. The Morgan fingerprint density at radius 2 is 2.04 bits per heavy atom. The molecule has 0 atom stereocenters. The van der Waals surface area contributed by atoms with E-state index in [9.17, 15) is 4.79 Å². The largest absolute Gasteiger partial charge is 0.322 e. The van der Waals surface area contributed by atoms with Gasteiger partial charge in [-0.05, 0) is 36.8 Å². The second kappa shape index (κ2) is 6.76. The number of thiophene rings is 1. The molecule has 0 radical (unpaired) electrons. The number of fused-ring (bicyclic) bond motifs is 1. The number of nitrogens with zero attached hydrogens (tertiary/aromatic N) is 2. The number of hydrogen-bond acceptors (Lipinski definition) is 3. The average Bonchev–Trinajstić information content (AvgIpc) is 3.19. The van der Waals surface area contributed by atoms with Gasteiger partial charge in [0.2, 0.25) is 0 Å². The summed E-state index contributed by atoms with van der Waals surface area (Å²) in [5, 5.41) is 2.91. The molecule has 0 spiro atoms. The van der Waals surface area contributed by atoms with Gasteiger partial charge in [0.05, 0.1) is 15.6 Å². The molecule has 3 heterocycles. The number of amides is 1. The predicted octanol–water partition coefficient (Wildman–Crippen LogP) is 5.93. The maximum absolute atomic E-state index is 12.5. The molecule has 0 fully saturated rings. The Bertz CT molecular complexity index is 1100. The molecule has 4 nitrogen and oxygen atoms in total. The summed E-state index contributed by atoms with van der Waals surface area (Å²) in [7, 11) is 0. The van der Waals surface area contributed by atoms with E-state index in [0.29, 0.717) is 19.9 Å². The zero-order chi connectivity index (χ0) is 18.3. The Morgan fingerprint density at radius 3 is 2.77 bits per heavy atom. The minimum atomic E-state index is -0.284. The van der Waals surface area contributed by atoms with Crippen molar-refractivity contribution in [3.63, 3.8) is 0 Å². The van der Waals surface area contributed by atoms with Gasteiger partial charge in [0.15, 0.2) is 0 Å². The van der Waals surface area contributed by atoms with Gasteiger partial charge in [-0.25, -0.2) is 4.98 Å². The summed E-state index contributed by atoms with van der Waals surface area (Å²) in [5.41, 5.74) is 4.66. The fourth-order valence-corrected chi connectivity index (χ4v) is 4.13. The summed E-state index contributed by atoms with van der Waals surface area (Å²) in [6, 6.07) is 13.3. The van der Waals surface area contributed by atoms with Gasteiger partial charge in [0.1, 0.15) is 9.98 Å². The summed E-state index contributed by atoms with van der Waals surface area (Å²) in [6.07, 6.45) is 3.91. The summed E-state index contributed by atoms with van der Waals surface area (Å²) < 4.78 is 2.82. The van der Waals surface area contributed by atoms with E-state index in [4.69, 9.17) is 23.2 Å². The third-order valence-electron chi connectivity index (χ3n) is 4.05. The number of carbonyl (C=O) groups excluding carboxylic acids is 1. The highest BCUT2D eigenvalue weighted by Crippen LogP contribution is 2.32. The molecule has 0 aliphatic rings. The minimum absolute atomic E-state index is 0.284. The summed E-state index contributed by atoms with van der Waals surface area (Å²) >= 11 is 13.2. The number of nitrogens with one attached hydrogen (secondary N) is 1. The number of anilines is 1. The zero-order valence-corrected chi connectivity index (χ0v) is 16.0. The first-order valence-corrected chi connectivity index (χ1v) is 9.39. The maximum atomic E-state index is 12.5. The van der Waals surface area contributed by atoms with Crippen molar-refractivity contribution in [1.29, 1.82) is 0 Å². The van der Waals surface area contributed by atoms with Gasteiger partial charge in [0, 0.05) is 23.6 Å². The lowest BCUT2D eigenvalue weighted by Crippen LogP contribution is -2.12. The predicted molar refractivity (Wildman–Crippen MR) is 108 cm³/mol. The number of carbonyl (C=O) groups is 1. The van der Waals surface area contributed by atoms with E-state index >= 15 is 0 Å². The van der Waals surface area contributed by atoms with Crippen LogP contribution in [-0.2, 0) is 0 Å². The van der Waals surface area contributed by atoms with Crippen molar-refractivity contribution in [3.05, 3.63) is 74.7 Å². The van der Waals surface area contributed by atoms with E-state index in [1.165, 1.54) is 11.3 Å². The summed E-state index contributed by atoms with van der Waals surface area (Å²) in [4.78, 5) is 17.1. The van der Waals surface area contributed by atoms with E-state index < -0.39 is 0 Å². The molecule has 0 bridgehead atoms. The second-order valence-corrected chi connectivity index (χ2v) is 8.10. The molecule has 4 aromatic rings. The second-order valence-electron chi connectivity index (χ2n) is 5.81. The molecule has 0 aliphatic carbocycles. The van der Waals surface area contributed by atoms with Crippen LogP contribution in [0.4, 0.5) is 5.69 Å². The molecule has 130 valence electrons. The highest BCUT2D eigenvalue weighted by Gasteiger charge is 2.16. The minimum Gasteiger partial charge on any atom is -0.322 e. The highest BCUT2D eigenvalue weighted by atomic mass is 35.5. The van der Waals surface area contributed by atoms with Gasteiger partial charge in [-0.15, -0.1) is 11.3 Å². The molecular formula is C19H13Cl2N3OS. The van der Waals surface area contributed by atoms with Crippen molar-refractivity contribution in [2.75, 3.05) is 5.32 Å². The lowest BCUT2D eigenvalue weighted by Gasteiger charge is -2.09. The Hall–Kier alpha value is -2.34. The highest BCUT2D eigenvalue weighted by molar-refractivity contribution is 7.20. The third-order valence-corrected chi connectivity index (χ3v) is 5.53. The molecule has 26 heavy (non-hydrogen) atoms. The van der Waals surface area contributed by atoms with Crippen molar-refractivity contribution in [1.82, 2.24) is 9.38 Å². The van der Waals surface area contributed by atoms with Crippen LogP contribution < -0.4 is 5.32 Å². The van der Waals surface area contributed by atoms with E-state index in [0.717, 1.165) is 22.5 Å². The van der Waals surface area contributed by atoms with Crippen molar-refractivity contribution >= 4 is 51.8 Å². The average molecular weight is 402 g/mol. The van der Waals surface area contributed by atoms with Crippen molar-refractivity contribution in [2.24, 2.45) is 0 Å². The van der Waals surface area contributed by atoms with Crippen molar-refractivity contribution in [2.45, 2.75) is 6.92 Å². The van der Waals surface area contributed by atoms with Crippen LogP contribution in [-0.4, -0.2) is 15.3 Å². The molecule has 4 rings (SSSR count). The Labute approximate surface area is 164 Å². The van der Waals surface area contributed by atoms with Crippen LogP contribution in [0.5, 0.6) is 0 Å². The first-order valence-electron chi connectivity index (χ1n) is 7.82. The van der Waals surface area contributed by atoms with Gasteiger partial charge < -0.3 is 9.72 Å². The summed E-state index contributed by atoms with van der Waals surface area (Å²) in [6.45, 7) is 1.94. The van der Waals surface area contributed by atoms with Crippen LogP contribution in [0.25, 0.3) is 16.9 Å². The number of hydrogen-bond donors (Lipinski definition) is 1. The van der Waals surface area contributed by atoms with Gasteiger partial charge in [-0.2, -0.15) is 0 Å². The van der Waals surface area contributed by atoms with Gasteiger partial charge in [0.25, 0.3) is 5.91 Å². The van der Waals surface area contributed by atoms with E-state index in [1.54, 1.807) is 6.07 Å². The molecular weight excluding hydrogens is 389 g/mol. The molecule has 1 N–H and O–H groups in total. The molecule has 0 aliphatic heterocycles. The van der Waals surface area contributed by atoms with E-state index in [1.807, 2.05) is 60.1 Å². The molecule has 0 unspecified atom stereocenters. The fourth-order valence-electron chi connectivity index (χ4n) is 2.67. The lowest BCUT2D eigenvalue weighted by atomic mass is 10.1. The smallest absolute Gasteiger partial charge is 0.258 e. The number of imidazole rings is 1. The normalized spacial score (nSPS) is 11.0. The number of pyridine rings is 1. The third kappa shape index (κ3) is 3.21. The Kier molecular flexibility index (Phi) is 4.44. The first kappa shape index (κ1) is 17.1. The quantitative estimate of drug-likeness (QED) is 0.462. The van der Waals surface area contributed by atoms with Crippen molar-refractivity contribution < 1.29 is 4.79 Å².